The van der Waals surface area contributed by atoms with E-state index in [-0.39, 0.29) is 16.2 Å². The lowest BCUT2D eigenvalue weighted by molar-refractivity contribution is -0.384. The minimum Gasteiger partial charge on any atom is -0.399 e. The fourth-order valence-corrected chi connectivity index (χ4v) is 18.3. The van der Waals surface area contributed by atoms with Crippen molar-refractivity contribution in [2.24, 2.45) is 82.9 Å². The van der Waals surface area contributed by atoms with E-state index in [4.69, 9.17) is 10.7 Å². The van der Waals surface area contributed by atoms with E-state index in [9.17, 15) is 14.9 Å². The summed E-state index contributed by atoms with van der Waals surface area (Å²) in [6, 6.07) is 19.2. The molecule has 14 atom stereocenters. The second-order valence-corrected chi connectivity index (χ2v) is 23.0. The number of nitro groups is 1. The van der Waals surface area contributed by atoms with Crippen LogP contribution in [0.1, 0.15) is 77.2 Å². The molecule has 7 aliphatic rings. The number of nitrogens with zero attached hydrogens (tertiary/aromatic N) is 4. The zero-order valence-electron chi connectivity index (χ0n) is 36.3. The minimum atomic E-state index is -0.306. The molecule has 0 amide bonds. The highest BCUT2D eigenvalue weighted by atomic mass is 79.9. The number of likely N-dealkylation sites (tertiary alicyclic amines) is 1. The zero-order valence-corrected chi connectivity index (χ0v) is 37.9. The monoisotopic (exact) mass is 901 g/mol. The second kappa shape index (κ2) is 13.4. The van der Waals surface area contributed by atoms with Gasteiger partial charge in [-0.25, -0.2) is 4.98 Å². The fraction of sp³-hybridized carbons (Fsp3) is 0.519. The standard InChI is InChI=1S/C54H56BrN5O3/c1-25-18-27-6-10-35-33-11-7-28-22-58(23-29-8-12-34(49(33)46(28)29)36-15-14-32(26(25)2)47(27)50(35)36)24-43-41-19-30(56)9-13-37(41)52-51-42(43)20-31(60(62)63)21-45(51)59-53(57-52)39-16-17-44(55)38-4-3-5-40(48(38)39)54(59)61/h3-5,9,13,16-17,19-21,25-29,32-36,46-47,49-50H,6-8,10-12,14-15,18,22-24,56H2,1-2H3. The van der Waals surface area contributed by atoms with Crippen LogP contribution in [0.15, 0.2) is 69.9 Å². The van der Waals surface area contributed by atoms with E-state index in [1.807, 2.05) is 36.4 Å². The van der Waals surface area contributed by atoms with E-state index < -0.39 is 0 Å². The summed E-state index contributed by atoms with van der Waals surface area (Å²) in [6.07, 6.45) is 13.0. The number of piperidine rings is 1. The van der Waals surface area contributed by atoms with E-state index in [0.29, 0.717) is 40.6 Å². The van der Waals surface area contributed by atoms with E-state index in [1.54, 1.807) is 16.5 Å². The lowest BCUT2D eigenvalue weighted by Gasteiger charge is -2.69. The Morgan fingerprint density at radius 3 is 2.13 bits per heavy atom. The maximum absolute atomic E-state index is 14.7. The summed E-state index contributed by atoms with van der Waals surface area (Å²) in [7, 11) is 0. The highest BCUT2D eigenvalue weighted by molar-refractivity contribution is 9.10. The van der Waals surface area contributed by atoms with Gasteiger partial charge in [-0.3, -0.25) is 24.2 Å². The van der Waals surface area contributed by atoms with E-state index in [2.05, 4.69) is 46.8 Å². The van der Waals surface area contributed by atoms with Gasteiger partial charge in [-0.15, -0.1) is 0 Å². The summed E-state index contributed by atoms with van der Waals surface area (Å²) >= 11 is 3.71. The zero-order chi connectivity index (χ0) is 42.3. The van der Waals surface area contributed by atoms with Gasteiger partial charge in [0, 0.05) is 68.9 Å². The lowest BCUT2D eigenvalue weighted by atomic mass is 9.36. The summed E-state index contributed by atoms with van der Waals surface area (Å²) in [6.45, 7) is 8.03. The van der Waals surface area contributed by atoms with Crippen LogP contribution >= 0.6 is 15.9 Å². The molecule has 3 heterocycles. The van der Waals surface area contributed by atoms with Crippen LogP contribution in [0.2, 0.25) is 0 Å². The topological polar surface area (TPSA) is 107 Å². The molecule has 14 unspecified atom stereocenters. The Morgan fingerprint density at radius 2 is 1.38 bits per heavy atom. The van der Waals surface area contributed by atoms with Crippen molar-refractivity contribution in [2.75, 3.05) is 18.8 Å². The Bertz CT molecular complexity index is 3150. The number of benzene rings is 5. The van der Waals surface area contributed by atoms with Crippen molar-refractivity contribution in [3.05, 3.63) is 91.2 Å². The number of fused-ring (bicyclic) bond motifs is 7. The van der Waals surface area contributed by atoms with Crippen LogP contribution < -0.4 is 11.3 Å². The molecule has 322 valence electrons. The summed E-state index contributed by atoms with van der Waals surface area (Å²) < 4.78 is 2.55. The number of pyridine rings is 1. The quantitative estimate of drug-likeness (QED) is 0.0622. The number of halogens is 1. The van der Waals surface area contributed by atoms with Gasteiger partial charge >= 0.3 is 0 Å². The maximum atomic E-state index is 14.7. The number of rotatable bonds is 3. The second-order valence-electron chi connectivity index (χ2n) is 22.2. The molecule has 8 nitrogen and oxygen atoms in total. The van der Waals surface area contributed by atoms with Gasteiger partial charge in [-0.2, -0.15) is 0 Å². The van der Waals surface area contributed by atoms with Crippen molar-refractivity contribution in [2.45, 2.75) is 78.2 Å². The van der Waals surface area contributed by atoms with Crippen molar-refractivity contribution in [1.29, 1.82) is 0 Å². The number of hydrogen-bond acceptors (Lipinski definition) is 6. The van der Waals surface area contributed by atoms with Crippen LogP contribution in [-0.2, 0) is 6.54 Å². The molecule has 6 saturated carbocycles. The molecule has 0 bridgehead atoms. The van der Waals surface area contributed by atoms with E-state index >= 15 is 0 Å². The van der Waals surface area contributed by atoms with Crippen molar-refractivity contribution in [1.82, 2.24) is 14.3 Å². The van der Waals surface area contributed by atoms with Gasteiger partial charge in [0.2, 0.25) is 0 Å². The minimum absolute atomic E-state index is 0.0203. The number of anilines is 1. The first-order valence-corrected chi connectivity index (χ1v) is 25.3. The lowest BCUT2D eigenvalue weighted by Crippen LogP contribution is -2.64. The Kier molecular flexibility index (Phi) is 8.06. The van der Waals surface area contributed by atoms with Crippen LogP contribution in [0.3, 0.4) is 0 Å². The van der Waals surface area contributed by atoms with Crippen LogP contribution in [0, 0.1) is 93.0 Å². The molecule has 63 heavy (non-hydrogen) atoms. The first-order valence-electron chi connectivity index (χ1n) is 24.5. The number of nitrogens with two attached hydrogens (primary N) is 1. The SMILES string of the molecule is CC1CC2CCC3C4CCC5CN(Cc6c7cc(N)ccc7c7nc8c9ccc(Br)c%10cccc(c(=O)n8c8cc([N+](=O)[O-])cc6c78)c%109)CC6CCC(C7CCC(C1C)C2C37)C4C56. The predicted molar refractivity (Wildman–Crippen MR) is 256 cm³/mol. The summed E-state index contributed by atoms with van der Waals surface area (Å²) in [5.74, 6) is 12.7. The molecular weight excluding hydrogens is 847 g/mol. The molecule has 14 rings (SSSR count). The van der Waals surface area contributed by atoms with Gasteiger partial charge in [0.25, 0.3) is 11.2 Å². The Labute approximate surface area is 375 Å². The third kappa shape index (κ3) is 5.07. The average Bonchev–Trinajstić information content (AvgIpc) is 3.29. The number of non-ortho nitro benzene ring substituents is 1. The van der Waals surface area contributed by atoms with E-state index in [1.165, 1.54) is 57.8 Å². The van der Waals surface area contributed by atoms with Crippen molar-refractivity contribution >= 4 is 87.1 Å². The third-order valence-corrected chi connectivity index (χ3v) is 20.7. The van der Waals surface area contributed by atoms with Crippen LogP contribution in [-0.4, -0.2) is 32.3 Å². The van der Waals surface area contributed by atoms with Gasteiger partial charge in [0.1, 0.15) is 5.65 Å². The first kappa shape index (κ1) is 38.0. The predicted octanol–water partition coefficient (Wildman–Crippen LogP) is 12.2. The molecule has 0 spiro atoms. The fourth-order valence-electron chi connectivity index (χ4n) is 17.9. The largest absolute Gasteiger partial charge is 0.399 e. The maximum Gasteiger partial charge on any atom is 0.272 e. The molecule has 7 fully saturated rings. The van der Waals surface area contributed by atoms with Crippen molar-refractivity contribution in [3.63, 3.8) is 0 Å². The molecule has 9 heteroatoms. The number of aromatic nitrogens is 2. The Morgan fingerprint density at radius 1 is 0.714 bits per heavy atom. The van der Waals surface area contributed by atoms with Gasteiger partial charge in [0.05, 0.1) is 16.0 Å². The summed E-state index contributed by atoms with van der Waals surface area (Å²) in [5.41, 5.74) is 9.88. The van der Waals surface area contributed by atoms with Crippen LogP contribution in [0.25, 0.3) is 59.8 Å². The highest BCUT2D eigenvalue weighted by Crippen LogP contribution is 2.70. The Balaban J connectivity index is 0.883. The molecule has 7 aromatic rings. The van der Waals surface area contributed by atoms with Gasteiger partial charge < -0.3 is 5.73 Å². The first-order chi connectivity index (χ1) is 30.6. The molecule has 6 aliphatic carbocycles. The van der Waals surface area contributed by atoms with Gasteiger partial charge in [-0.1, -0.05) is 48.0 Å². The molecule has 0 radical (unpaired) electrons. The average molecular weight is 903 g/mol. The number of nitro benzene ring substituents is 1. The molecule has 2 N–H and O–H groups in total. The van der Waals surface area contributed by atoms with Gasteiger partial charge in [-0.05, 0) is 193 Å². The summed E-state index contributed by atoms with van der Waals surface area (Å²) in [4.78, 5) is 35.4. The van der Waals surface area contributed by atoms with E-state index in [0.717, 1.165) is 137 Å². The molecule has 2 aromatic heterocycles. The third-order valence-electron chi connectivity index (χ3n) is 20.0. The molecule has 5 aromatic carbocycles. The highest BCUT2D eigenvalue weighted by Gasteiger charge is 2.64. The van der Waals surface area contributed by atoms with Gasteiger partial charge in [0.15, 0.2) is 0 Å². The summed E-state index contributed by atoms with van der Waals surface area (Å²) in [5, 5.41) is 19.6. The van der Waals surface area contributed by atoms with Crippen molar-refractivity contribution in [3.8, 4) is 0 Å². The molecular formula is C54H56BrN5O3. The van der Waals surface area contributed by atoms with Crippen LogP contribution in [0.5, 0.6) is 0 Å². The normalized spacial score (nSPS) is 36.0. The smallest absolute Gasteiger partial charge is 0.272 e. The van der Waals surface area contributed by atoms with Crippen LogP contribution in [0.4, 0.5) is 11.4 Å². The van der Waals surface area contributed by atoms with Crippen molar-refractivity contribution < 1.29 is 4.92 Å². The number of hydrogen-bond donors (Lipinski definition) is 1. The molecule has 1 saturated heterocycles. The Hall–Kier alpha value is -4.34. The number of nitrogen functional groups attached to an aromatic ring is 1. The molecule has 1 aliphatic heterocycles.